The van der Waals surface area contributed by atoms with E-state index in [0.717, 1.165) is 50.5 Å². The Hall–Kier alpha value is -3.11. The van der Waals surface area contributed by atoms with Crippen LogP contribution in [0.4, 0.5) is 10.1 Å². The predicted molar refractivity (Wildman–Crippen MR) is 128 cm³/mol. The van der Waals surface area contributed by atoms with Crippen LogP contribution in [0.2, 0.25) is 5.02 Å². The van der Waals surface area contributed by atoms with Crippen molar-refractivity contribution in [1.29, 1.82) is 5.26 Å². The van der Waals surface area contributed by atoms with Gasteiger partial charge in [-0.15, -0.1) is 0 Å². The molecule has 1 amide bonds. The van der Waals surface area contributed by atoms with Crippen LogP contribution >= 0.6 is 11.6 Å². The van der Waals surface area contributed by atoms with Crippen LogP contribution in [-0.4, -0.2) is 37.4 Å². The molecule has 0 unspecified atom stereocenters. The summed E-state index contributed by atoms with van der Waals surface area (Å²) in [5.41, 5.74) is 1.18. The van der Waals surface area contributed by atoms with Crippen LogP contribution in [0.15, 0.2) is 36.4 Å². The van der Waals surface area contributed by atoms with Gasteiger partial charge >= 0.3 is 0 Å². The Morgan fingerprint density at radius 2 is 1.85 bits per heavy atom. The number of nitriles is 1. The van der Waals surface area contributed by atoms with E-state index in [9.17, 15) is 14.0 Å². The number of hydrogen-bond donors (Lipinski definition) is 1. The third kappa shape index (κ3) is 5.68. The molecule has 6 nitrogen and oxygen atoms in total. The Morgan fingerprint density at radius 1 is 1.12 bits per heavy atom. The number of ether oxygens (including phenoxy) is 1. The van der Waals surface area contributed by atoms with Gasteiger partial charge in [0.15, 0.2) is 0 Å². The molecule has 1 aliphatic carbocycles. The van der Waals surface area contributed by atoms with Crippen molar-refractivity contribution < 1.29 is 18.7 Å². The molecule has 0 atom stereocenters. The van der Waals surface area contributed by atoms with Gasteiger partial charge in [-0.1, -0.05) is 11.6 Å². The first-order chi connectivity index (χ1) is 16.5. The van der Waals surface area contributed by atoms with E-state index >= 15 is 0 Å². The van der Waals surface area contributed by atoms with Crippen LogP contribution in [0.1, 0.15) is 54.4 Å². The SMILES string of the molecule is N#Cc1ccc(OC2CCC(NC(=O)c3ccc(N4CCC(C=O)CC4)cc3F)CC2)cc1Cl. The van der Waals surface area contributed by atoms with Crippen molar-refractivity contribution in [2.24, 2.45) is 5.92 Å². The number of aldehydes is 1. The summed E-state index contributed by atoms with van der Waals surface area (Å²) in [6, 6.07) is 11.7. The normalized spacial score (nSPS) is 20.9. The molecule has 0 aromatic heterocycles. The van der Waals surface area contributed by atoms with E-state index in [-0.39, 0.29) is 23.6 Å². The second kappa shape index (κ2) is 10.9. The molecule has 1 saturated carbocycles. The third-order valence-electron chi connectivity index (χ3n) is 6.67. The Balaban J connectivity index is 1.28. The first-order valence-corrected chi connectivity index (χ1v) is 12.0. The van der Waals surface area contributed by atoms with E-state index in [0.29, 0.717) is 29.4 Å². The lowest BCUT2D eigenvalue weighted by molar-refractivity contribution is -0.111. The fourth-order valence-electron chi connectivity index (χ4n) is 4.62. The maximum atomic E-state index is 14.7. The smallest absolute Gasteiger partial charge is 0.254 e. The summed E-state index contributed by atoms with van der Waals surface area (Å²) in [4.78, 5) is 25.7. The van der Waals surface area contributed by atoms with Crippen molar-refractivity contribution in [1.82, 2.24) is 5.32 Å². The number of nitrogens with zero attached hydrogens (tertiary/aromatic N) is 2. The highest BCUT2D eigenvalue weighted by molar-refractivity contribution is 6.31. The van der Waals surface area contributed by atoms with Crippen molar-refractivity contribution in [2.45, 2.75) is 50.7 Å². The molecule has 34 heavy (non-hydrogen) atoms. The number of amides is 1. The second-order valence-electron chi connectivity index (χ2n) is 8.94. The molecule has 2 fully saturated rings. The van der Waals surface area contributed by atoms with Crippen molar-refractivity contribution in [3.8, 4) is 11.8 Å². The van der Waals surface area contributed by atoms with Gasteiger partial charge in [0.2, 0.25) is 0 Å². The molecule has 8 heteroatoms. The van der Waals surface area contributed by atoms with Gasteiger partial charge in [-0.05, 0) is 68.9 Å². The van der Waals surface area contributed by atoms with Gasteiger partial charge in [-0.3, -0.25) is 4.79 Å². The molecule has 2 aromatic carbocycles. The molecular weight excluding hydrogens is 457 g/mol. The van der Waals surface area contributed by atoms with Crippen LogP contribution in [0, 0.1) is 23.1 Å². The van der Waals surface area contributed by atoms with Crippen LogP contribution in [0.25, 0.3) is 0 Å². The summed E-state index contributed by atoms with van der Waals surface area (Å²) in [7, 11) is 0. The Kier molecular flexibility index (Phi) is 7.69. The Morgan fingerprint density at radius 3 is 2.47 bits per heavy atom. The Labute approximate surface area is 203 Å². The maximum Gasteiger partial charge on any atom is 0.254 e. The standard InChI is InChI=1S/C26H27ClFN3O3/c27-24-14-22(5-1-18(24)15-29)34-21-6-2-19(3-7-21)30-26(33)23-8-4-20(13-25(23)28)31-11-9-17(16-32)10-12-31/h1,4-5,8,13-14,16-17,19,21H,2-3,6-7,9-12H2,(H,30,33). The highest BCUT2D eigenvalue weighted by Crippen LogP contribution is 2.28. The summed E-state index contributed by atoms with van der Waals surface area (Å²) in [5, 5.41) is 12.3. The lowest BCUT2D eigenvalue weighted by atomic mass is 9.92. The van der Waals surface area contributed by atoms with Crippen molar-refractivity contribution >= 4 is 29.5 Å². The molecule has 0 bridgehead atoms. The zero-order valence-electron chi connectivity index (χ0n) is 18.8. The number of carbonyl (C=O) groups is 2. The molecule has 2 aliphatic rings. The topological polar surface area (TPSA) is 82.4 Å². The number of benzene rings is 2. The van der Waals surface area contributed by atoms with Crippen LogP contribution in [-0.2, 0) is 4.79 Å². The van der Waals surface area contributed by atoms with Gasteiger partial charge in [0.05, 0.1) is 22.3 Å². The summed E-state index contributed by atoms with van der Waals surface area (Å²) in [6.07, 6.45) is 5.47. The Bertz CT molecular complexity index is 1090. The zero-order valence-corrected chi connectivity index (χ0v) is 19.6. The number of halogens is 2. The second-order valence-corrected chi connectivity index (χ2v) is 9.35. The van der Waals surface area contributed by atoms with E-state index in [1.807, 2.05) is 11.0 Å². The predicted octanol–water partition coefficient (Wildman–Crippen LogP) is 4.89. The molecule has 178 valence electrons. The number of rotatable bonds is 6. The third-order valence-corrected chi connectivity index (χ3v) is 6.98. The summed E-state index contributed by atoms with van der Waals surface area (Å²) < 4.78 is 20.7. The van der Waals surface area contributed by atoms with E-state index in [4.69, 9.17) is 21.6 Å². The minimum atomic E-state index is -0.540. The fourth-order valence-corrected chi connectivity index (χ4v) is 4.83. The molecule has 1 aliphatic heterocycles. The molecule has 1 saturated heterocycles. The summed E-state index contributed by atoms with van der Waals surface area (Å²) >= 11 is 6.07. The van der Waals surface area contributed by atoms with Gasteiger partial charge in [0.25, 0.3) is 5.91 Å². The molecular formula is C26H27ClFN3O3. The first-order valence-electron chi connectivity index (χ1n) is 11.6. The molecule has 4 rings (SSSR count). The lowest BCUT2D eigenvalue weighted by Crippen LogP contribution is -2.40. The molecule has 2 aromatic rings. The summed E-state index contributed by atoms with van der Waals surface area (Å²) in [6.45, 7) is 1.41. The van der Waals surface area contributed by atoms with Crippen molar-refractivity contribution in [3.63, 3.8) is 0 Å². The van der Waals surface area contributed by atoms with Crippen molar-refractivity contribution in [3.05, 3.63) is 58.4 Å². The molecule has 1 N–H and O–H groups in total. The average molecular weight is 484 g/mol. The van der Waals surface area contributed by atoms with Gasteiger partial charge in [-0.2, -0.15) is 5.26 Å². The molecule has 0 radical (unpaired) electrons. The lowest BCUT2D eigenvalue weighted by Gasteiger charge is -2.32. The minimum absolute atomic E-state index is 0.00321. The average Bonchev–Trinajstić information content (AvgIpc) is 2.85. The highest BCUT2D eigenvalue weighted by atomic mass is 35.5. The number of piperidine rings is 1. The van der Waals surface area contributed by atoms with Gasteiger partial charge < -0.3 is 19.7 Å². The molecule has 1 heterocycles. The van der Waals surface area contributed by atoms with Gasteiger partial charge in [-0.25, -0.2) is 4.39 Å². The largest absolute Gasteiger partial charge is 0.490 e. The highest BCUT2D eigenvalue weighted by Gasteiger charge is 2.26. The maximum absolute atomic E-state index is 14.7. The first kappa shape index (κ1) is 24.0. The number of hydrogen-bond acceptors (Lipinski definition) is 5. The van der Waals surface area contributed by atoms with E-state index in [1.54, 1.807) is 24.3 Å². The van der Waals surface area contributed by atoms with E-state index in [1.165, 1.54) is 12.1 Å². The fraction of sp³-hybridized carbons (Fsp3) is 0.423. The van der Waals surface area contributed by atoms with Crippen LogP contribution < -0.4 is 15.0 Å². The van der Waals surface area contributed by atoms with Crippen LogP contribution in [0.3, 0.4) is 0 Å². The number of nitrogens with one attached hydrogen (secondary N) is 1. The van der Waals surface area contributed by atoms with Gasteiger partial charge in [0.1, 0.15) is 23.9 Å². The van der Waals surface area contributed by atoms with E-state index < -0.39 is 11.7 Å². The minimum Gasteiger partial charge on any atom is -0.490 e. The van der Waals surface area contributed by atoms with Crippen LogP contribution in [0.5, 0.6) is 5.75 Å². The number of carbonyl (C=O) groups excluding carboxylic acids is 2. The van der Waals surface area contributed by atoms with Gasteiger partial charge in [0, 0.05) is 36.8 Å². The summed E-state index contributed by atoms with van der Waals surface area (Å²) in [5.74, 6) is -0.253. The molecule has 0 spiro atoms. The van der Waals surface area contributed by atoms with Crippen molar-refractivity contribution in [2.75, 3.05) is 18.0 Å². The quantitative estimate of drug-likeness (QED) is 0.592. The van der Waals surface area contributed by atoms with E-state index in [2.05, 4.69) is 5.32 Å². The monoisotopic (exact) mass is 483 g/mol. The zero-order chi connectivity index (χ0) is 24.1. The number of anilines is 1.